The third-order valence-corrected chi connectivity index (χ3v) is 11.9. The van der Waals surface area contributed by atoms with E-state index in [0.29, 0.717) is 0 Å². The highest BCUT2D eigenvalue weighted by atomic mass is 16.5. The SMILES string of the molecule is c1ccc(N(c2ccccc2)c2ccc3c(c2)N(c2ccccc2)c2cccc4c2B3c2ccc3c(oc5cc(N(c6ccccc6)c6ccccc6)ccc53)c2O4)cc1. The molecule has 10 aromatic rings. The van der Waals surface area contributed by atoms with E-state index in [9.17, 15) is 0 Å². The number of hydrogen-bond acceptors (Lipinski definition) is 5. The highest BCUT2D eigenvalue weighted by Gasteiger charge is 2.43. The first-order chi connectivity index (χ1) is 29.8. The zero-order chi connectivity index (χ0) is 39.6. The Morgan fingerprint density at radius 2 is 0.917 bits per heavy atom. The van der Waals surface area contributed by atoms with Crippen LogP contribution in [0.5, 0.6) is 11.5 Å². The second-order valence-corrected chi connectivity index (χ2v) is 15.3. The summed E-state index contributed by atoms with van der Waals surface area (Å²) in [5.41, 5.74) is 14.7. The van der Waals surface area contributed by atoms with Crippen LogP contribution in [0.2, 0.25) is 0 Å². The standard InChI is InChI=1S/C54H36BN3O2/c1-6-17-37(18-7-1)56(38-19-8-2-9-20-38)42-30-33-46-49(35-42)58(41-25-14-5-15-26-41)48-27-16-28-50-52(48)55(46)47-34-32-45-44-31-29-43(36-51(44)60-53(45)54(47)59-50)57(39-21-10-3-11-22-39)40-23-12-4-13-24-40/h1-36H. The fraction of sp³-hybridized carbons (Fsp3) is 0. The number of rotatable bonds is 7. The molecule has 1 aromatic heterocycles. The Morgan fingerprint density at radius 3 is 1.52 bits per heavy atom. The lowest BCUT2D eigenvalue weighted by Gasteiger charge is -2.40. The number of ether oxygens (including phenoxy) is 1. The third kappa shape index (κ3) is 5.42. The Kier molecular flexibility index (Phi) is 7.88. The number of hydrogen-bond donors (Lipinski definition) is 0. The Balaban J connectivity index is 1.04. The van der Waals surface area contributed by atoms with E-state index in [1.165, 1.54) is 5.46 Å². The van der Waals surface area contributed by atoms with Crippen molar-refractivity contribution in [1.82, 2.24) is 0 Å². The Labute approximate surface area is 348 Å². The molecule has 6 heteroatoms. The van der Waals surface area contributed by atoms with Crippen molar-refractivity contribution in [2.24, 2.45) is 0 Å². The molecule has 60 heavy (non-hydrogen) atoms. The molecule has 0 amide bonds. The highest BCUT2D eigenvalue weighted by molar-refractivity contribution is 6.99. The summed E-state index contributed by atoms with van der Waals surface area (Å²) in [5.74, 6) is 1.60. The van der Waals surface area contributed by atoms with E-state index in [-0.39, 0.29) is 6.71 Å². The predicted octanol–water partition coefficient (Wildman–Crippen LogP) is 12.9. The first-order valence-corrected chi connectivity index (χ1v) is 20.4. The van der Waals surface area contributed by atoms with Crippen molar-refractivity contribution in [3.63, 3.8) is 0 Å². The molecule has 0 spiro atoms. The monoisotopic (exact) mass is 769 g/mol. The van der Waals surface area contributed by atoms with E-state index in [4.69, 9.17) is 9.15 Å². The van der Waals surface area contributed by atoms with Gasteiger partial charge in [-0.1, -0.05) is 115 Å². The van der Waals surface area contributed by atoms with Crippen molar-refractivity contribution in [1.29, 1.82) is 0 Å². The van der Waals surface area contributed by atoms with Crippen LogP contribution >= 0.6 is 0 Å². The molecule has 282 valence electrons. The first-order valence-electron chi connectivity index (χ1n) is 20.4. The van der Waals surface area contributed by atoms with Crippen LogP contribution in [0.15, 0.2) is 223 Å². The average Bonchev–Trinajstić information content (AvgIpc) is 3.69. The van der Waals surface area contributed by atoms with E-state index in [2.05, 4.69) is 221 Å². The van der Waals surface area contributed by atoms with Crippen molar-refractivity contribution in [3.8, 4) is 11.5 Å². The van der Waals surface area contributed by atoms with Gasteiger partial charge in [0, 0.05) is 68.0 Å². The minimum Gasteiger partial charge on any atom is -0.454 e. The average molecular weight is 770 g/mol. The van der Waals surface area contributed by atoms with Gasteiger partial charge in [-0.25, -0.2) is 0 Å². The number of anilines is 9. The van der Waals surface area contributed by atoms with Gasteiger partial charge in [-0.05, 0) is 113 Å². The van der Waals surface area contributed by atoms with Crippen LogP contribution in [0.4, 0.5) is 51.2 Å². The zero-order valence-electron chi connectivity index (χ0n) is 32.5. The number of nitrogens with zero attached hydrogens (tertiary/aromatic N) is 3. The van der Waals surface area contributed by atoms with Crippen LogP contribution in [0.25, 0.3) is 21.9 Å². The molecule has 9 aromatic carbocycles. The Bertz CT molecular complexity index is 3120. The molecule has 0 saturated carbocycles. The number of fused-ring (bicyclic) bond motifs is 8. The van der Waals surface area contributed by atoms with Crippen molar-refractivity contribution in [3.05, 3.63) is 218 Å². The molecule has 0 atom stereocenters. The lowest BCUT2D eigenvalue weighted by Crippen LogP contribution is -2.59. The summed E-state index contributed by atoms with van der Waals surface area (Å²) < 4.78 is 13.9. The van der Waals surface area contributed by atoms with Crippen LogP contribution in [0, 0.1) is 0 Å². The first kappa shape index (κ1) is 34.1. The Morgan fingerprint density at radius 1 is 0.400 bits per heavy atom. The minimum absolute atomic E-state index is 0.0920. The van der Waals surface area contributed by atoms with E-state index in [1.807, 2.05) is 12.1 Å². The third-order valence-electron chi connectivity index (χ3n) is 11.9. The largest absolute Gasteiger partial charge is 0.454 e. The molecule has 2 aliphatic rings. The summed E-state index contributed by atoms with van der Waals surface area (Å²) in [6.07, 6.45) is 0. The molecule has 0 fully saturated rings. The van der Waals surface area contributed by atoms with Gasteiger partial charge in [-0.3, -0.25) is 0 Å². The van der Waals surface area contributed by atoms with Crippen molar-refractivity contribution >= 4 is 96.2 Å². The van der Waals surface area contributed by atoms with Gasteiger partial charge in [-0.2, -0.15) is 0 Å². The molecular weight excluding hydrogens is 733 g/mol. The van der Waals surface area contributed by atoms with Gasteiger partial charge < -0.3 is 23.9 Å². The molecule has 0 radical (unpaired) electrons. The summed E-state index contributed by atoms with van der Waals surface area (Å²) in [4.78, 5) is 6.98. The lowest BCUT2D eigenvalue weighted by atomic mass is 9.34. The highest BCUT2D eigenvalue weighted by Crippen LogP contribution is 2.46. The molecule has 0 aliphatic carbocycles. The summed E-state index contributed by atoms with van der Waals surface area (Å²) in [7, 11) is 0. The maximum atomic E-state index is 7.02. The zero-order valence-corrected chi connectivity index (χ0v) is 32.5. The van der Waals surface area contributed by atoms with Crippen molar-refractivity contribution in [2.75, 3.05) is 14.7 Å². The van der Waals surface area contributed by atoms with Gasteiger partial charge in [0.25, 0.3) is 6.71 Å². The lowest BCUT2D eigenvalue weighted by molar-refractivity contribution is 0.481. The van der Waals surface area contributed by atoms with Crippen molar-refractivity contribution in [2.45, 2.75) is 0 Å². The fourth-order valence-corrected chi connectivity index (χ4v) is 9.28. The van der Waals surface area contributed by atoms with Gasteiger partial charge in [0.1, 0.15) is 11.3 Å². The molecule has 2 aliphatic heterocycles. The quantitative estimate of drug-likeness (QED) is 0.151. The van der Waals surface area contributed by atoms with E-state index in [1.54, 1.807) is 0 Å². The van der Waals surface area contributed by atoms with Gasteiger partial charge >= 0.3 is 0 Å². The van der Waals surface area contributed by atoms with Gasteiger partial charge in [0.15, 0.2) is 11.3 Å². The molecule has 0 bridgehead atoms. The van der Waals surface area contributed by atoms with E-state index in [0.717, 1.165) is 95.5 Å². The van der Waals surface area contributed by atoms with Crippen LogP contribution in [0.1, 0.15) is 0 Å². The number of benzene rings is 9. The fourth-order valence-electron chi connectivity index (χ4n) is 9.28. The minimum atomic E-state index is -0.0920. The van der Waals surface area contributed by atoms with Crippen molar-refractivity contribution < 1.29 is 9.15 Å². The van der Waals surface area contributed by atoms with E-state index >= 15 is 0 Å². The van der Waals surface area contributed by atoms with Gasteiger partial charge in [0.05, 0.1) is 0 Å². The molecule has 5 nitrogen and oxygen atoms in total. The van der Waals surface area contributed by atoms with Crippen LogP contribution in [-0.4, -0.2) is 6.71 Å². The summed E-state index contributed by atoms with van der Waals surface area (Å²) >= 11 is 0. The Hall–Kier alpha value is -7.96. The van der Waals surface area contributed by atoms with E-state index < -0.39 is 0 Å². The maximum Gasteiger partial charge on any atom is 0.256 e. The maximum absolute atomic E-state index is 7.02. The smallest absolute Gasteiger partial charge is 0.256 e. The predicted molar refractivity (Wildman–Crippen MR) is 249 cm³/mol. The second kappa shape index (κ2) is 13.9. The van der Waals surface area contributed by atoms with Crippen LogP contribution < -0.4 is 35.8 Å². The van der Waals surface area contributed by atoms with Crippen LogP contribution in [-0.2, 0) is 0 Å². The molecule has 12 rings (SSSR count). The molecule has 0 unspecified atom stereocenters. The van der Waals surface area contributed by atoms with Crippen LogP contribution in [0.3, 0.4) is 0 Å². The normalized spacial score (nSPS) is 12.4. The van der Waals surface area contributed by atoms with Gasteiger partial charge in [-0.15, -0.1) is 0 Å². The number of furan rings is 1. The van der Waals surface area contributed by atoms with Gasteiger partial charge in [0.2, 0.25) is 0 Å². The molecule has 0 saturated heterocycles. The number of para-hydroxylation sites is 5. The molecule has 0 N–H and O–H groups in total. The summed E-state index contributed by atoms with van der Waals surface area (Å²) in [6.45, 7) is -0.0920. The summed E-state index contributed by atoms with van der Waals surface area (Å²) in [6, 6.07) is 77.1. The molecular formula is C54H36BN3O2. The molecule has 3 heterocycles. The second-order valence-electron chi connectivity index (χ2n) is 15.3. The summed E-state index contributed by atoms with van der Waals surface area (Å²) in [5, 5.41) is 2.08. The topological polar surface area (TPSA) is 32.1 Å².